The molecule has 0 aromatic heterocycles. The highest BCUT2D eigenvalue weighted by molar-refractivity contribution is 5.77. The Morgan fingerprint density at radius 1 is 1.38 bits per heavy atom. The van der Waals surface area contributed by atoms with E-state index in [1.807, 2.05) is 6.92 Å². The highest BCUT2D eigenvalue weighted by atomic mass is 15.0. The molecule has 0 aromatic carbocycles. The van der Waals surface area contributed by atoms with Crippen molar-refractivity contribution in [3.63, 3.8) is 0 Å². The maximum Gasteiger partial charge on any atom is 0.118 e. The molecule has 0 saturated carbocycles. The lowest BCUT2D eigenvalue weighted by Gasteiger charge is -2.15. The Morgan fingerprint density at radius 2 is 1.92 bits per heavy atom. The molecular weight excluding hydrogens is 160 g/mol. The van der Waals surface area contributed by atoms with Crippen molar-refractivity contribution in [3.8, 4) is 0 Å². The van der Waals surface area contributed by atoms with Crippen LogP contribution in [0.5, 0.6) is 0 Å². The number of nitrogens with one attached hydrogen (secondary N) is 1. The highest BCUT2D eigenvalue weighted by Gasteiger charge is 2.01. The van der Waals surface area contributed by atoms with Crippen LogP contribution in [0.1, 0.15) is 33.6 Å². The lowest BCUT2D eigenvalue weighted by atomic mass is 10.2. The van der Waals surface area contributed by atoms with E-state index in [-0.39, 0.29) is 0 Å². The van der Waals surface area contributed by atoms with Crippen molar-refractivity contribution < 1.29 is 0 Å². The molecule has 0 spiro atoms. The van der Waals surface area contributed by atoms with Gasteiger partial charge >= 0.3 is 0 Å². The van der Waals surface area contributed by atoms with Crippen molar-refractivity contribution in [3.05, 3.63) is 24.6 Å². The van der Waals surface area contributed by atoms with Crippen LogP contribution in [0.2, 0.25) is 0 Å². The molecule has 0 rings (SSSR count). The first-order valence-electron chi connectivity index (χ1n) is 4.75. The summed E-state index contributed by atoms with van der Waals surface area (Å²) >= 11 is 0. The maximum atomic E-state index is 4.13. The van der Waals surface area contributed by atoms with Gasteiger partial charge in [0.05, 0.1) is 0 Å². The van der Waals surface area contributed by atoms with E-state index >= 15 is 0 Å². The van der Waals surface area contributed by atoms with Gasteiger partial charge in [-0.2, -0.15) is 0 Å². The van der Waals surface area contributed by atoms with Crippen LogP contribution in [0.3, 0.4) is 0 Å². The normalized spacial score (nSPS) is 10.8. The maximum absolute atomic E-state index is 4.13. The van der Waals surface area contributed by atoms with E-state index in [9.17, 15) is 0 Å². The Labute approximate surface area is 81.5 Å². The summed E-state index contributed by atoms with van der Waals surface area (Å²) in [4.78, 5) is 4.13. The smallest absolute Gasteiger partial charge is 0.118 e. The number of aliphatic imine (C=N–C) groups is 1. The molecule has 13 heavy (non-hydrogen) atoms. The van der Waals surface area contributed by atoms with E-state index in [4.69, 9.17) is 0 Å². The Balaban J connectivity index is 3.92. The first-order chi connectivity index (χ1) is 6.10. The summed E-state index contributed by atoms with van der Waals surface area (Å²) in [6.07, 6.45) is 3.91. The predicted octanol–water partition coefficient (Wildman–Crippen LogP) is 2.88. The zero-order valence-corrected chi connectivity index (χ0v) is 8.93. The third kappa shape index (κ3) is 6.14. The Bertz CT molecular complexity index is 200. The van der Waals surface area contributed by atoms with Crippen LogP contribution in [-0.4, -0.2) is 12.3 Å². The van der Waals surface area contributed by atoms with E-state index in [1.54, 1.807) is 6.21 Å². The van der Waals surface area contributed by atoms with Gasteiger partial charge in [0.25, 0.3) is 0 Å². The second kappa shape index (κ2) is 6.46. The van der Waals surface area contributed by atoms with Crippen molar-refractivity contribution in [2.45, 2.75) is 39.7 Å². The molecule has 0 amide bonds. The van der Waals surface area contributed by atoms with Gasteiger partial charge < -0.3 is 5.32 Å². The van der Waals surface area contributed by atoms with Crippen molar-refractivity contribution in [1.82, 2.24) is 5.32 Å². The number of hydrogen-bond donors (Lipinski definition) is 1. The summed E-state index contributed by atoms with van der Waals surface area (Å²) in [7, 11) is 0. The summed E-state index contributed by atoms with van der Waals surface area (Å²) in [5, 5.41) is 3.24. The third-order valence-electron chi connectivity index (χ3n) is 1.80. The second-order valence-electron chi connectivity index (χ2n) is 3.21. The van der Waals surface area contributed by atoms with Gasteiger partial charge in [0.15, 0.2) is 0 Å². The summed E-state index contributed by atoms with van der Waals surface area (Å²) < 4.78 is 0. The first-order valence-corrected chi connectivity index (χ1v) is 4.75. The molecule has 0 aliphatic carbocycles. The van der Waals surface area contributed by atoms with E-state index in [0.29, 0.717) is 6.04 Å². The second-order valence-corrected chi connectivity index (χ2v) is 3.21. The molecule has 0 saturated heterocycles. The Hall–Kier alpha value is -1.05. The minimum atomic E-state index is 0.481. The molecule has 0 radical (unpaired) electrons. The minimum absolute atomic E-state index is 0.481. The largest absolute Gasteiger partial charge is 0.368 e. The molecule has 0 fully saturated rings. The summed E-state index contributed by atoms with van der Waals surface area (Å²) in [6.45, 7) is 13.8. The summed E-state index contributed by atoms with van der Waals surface area (Å²) in [5.41, 5.74) is 0.937. The van der Waals surface area contributed by atoms with Crippen molar-refractivity contribution in [1.29, 1.82) is 0 Å². The van der Waals surface area contributed by atoms with Crippen molar-refractivity contribution in [2.24, 2.45) is 4.99 Å². The molecule has 0 atom stereocenters. The fourth-order valence-corrected chi connectivity index (χ4v) is 0.954. The molecule has 2 nitrogen and oxygen atoms in total. The fraction of sp³-hybridized carbons (Fsp3) is 0.545. The van der Waals surface area contributed by atoms with Crippen LogP contribution in [0.25, 0.3) is 0 Å². The molecule has 0 bridgehead atoms. The van der Waals surface area contributed by atoms with Crippen LogP contribution in [0.4, 0.5) is 0 Å². The molecule has 0 aliphatic heterocycles. The SMILES string of the molecule is C=C(C)/C=N\C(=C)NC(CC)CC. The molecule has 2 heteroatoms. The van der Waals surface area contributed by atoms with Gasteiger partial charge in [-0.1, -0.05) is 27.0 Å². The summed E-state index contributed by atoms with van der Waals surface area (Å²) in [6, 6.07) is 0.481. The van der Waals surface area contributed by atoms with Gasteiger partial charge in [0.2, 0.25) is 0 Å². The Kier molecular flexibility index (Phi) is 5.94. The van der Waals surface area contributed by atoms with Gasteiger partial charge in [0, 0.05) is 12.3 Å². The molecule has 0 unspecified atom stereocenters. The van der Waals surface area contributed by atoms with Gasteiger partial charge in [-0.15, -0.1) is 0 Å². The topological polar surface area (TPSA) is 24.4 Å². The van der Waals surface area contributed by atoms with Gasteiger partial charge in [-0.3, -0.25) is 0 Å². The zero-order chi connectivity index (χ0) is 10.3. The first kappa shape index (κ1) is 11.9. The van der Waals surface area contributed by atoms with E-state index in [2.05, 4.69) is 37.3 Å². The average Bonchev–Trinajstić information content (AvgIpc) is 2.10. The van der Waals surface area contributed by atoms with E-state index in [1.165, 1.54) is 0 Å². The number of allylic oxidation sites excluding steroid dienone is 1. The summed E-state index contributed by atoms with van der Waals surface area (Å²) in [5.74, 6) is 0.719. The van der Waals surface area contributed by atoms with Crippen LogP contribution in [0, 0.1) is 0 Å². The van der Waals surface area contributed by atoms with Crippen LogP contribution in [0.15, 0.2) is 29.5 Å². The highest BCUT2D eigenvalue weighted by Crippen LogP contribution is 1.99. The van der Waals surface area contributed by atoms with Gasteiger partial charge in [0.1, 0.15) is 5.82 Å². The predicted molar refractivity (Wildman–Crippen MR) is 60.0 cm³/mol. The third-order valence-corrected chi connectivity index (χ3v) is 1.80. The monoisotopic (exact) mass is 180 g/mol. The zero-order valence-electron chi connectivity index (χ0n) is 8.93. The van der Waals surface area contributed by atoms with Gasteiger partial charge in [-0.25, -0.2) is 4.99 Å². The molecule has 0 heterocycles. The average molecular weight is 180 g/mol. The molecule has 1 N–H and O–H groups in total. The van der Waals surface area contributed by atoms with Crippen LogP contribution >= 0.6 is 0 Å². The minimum Gasteiger partial charge on any atom is -0.368 e. The van der Waals surface area contributed by atoms with Crippen molar-refractivity contribution >= 4 is 6.21 Å². The lowest BCUT2D eigenvalue weighted by molar-refractivity contribution is 0.532. The van der Waals surface area contributed by atoms with E-state index < -0.39 is 0 Å². The van der Waals surface area contributed by atoms with Crippen LogP contribution in [-0.2, 0) is 0 Å². The van der Waals surface area contributed by atoms with E-state index in [0.717, 1.165) is 24.2 Å². The lowest BCUT2D eigenvalue weighted by Crippen LogP contribution is -2.25. The molecule has 74 valence electrons. The quantitative estimate of drug-likeness (QED) is 0.624. The molecule has 0 aliphatic rings. The van der Waals surface area contributed by atoms with Gasteiger partial charge in [-0.05, 0) is 25.3 Å². The number of nitrogens with zero attached hydrogens (tertiary/aromatic N) is 1. The standard InChI is InChI=1S/C11H20N2/c1-6-11(7-2)13-10(5)12-8-9(3)4/h8,11,13H,3,5-7H2,1-2,4H3/b12-8-. The molecule has 0 aromatic rings. The molecular formula is C11H20N2. The van der Waals surface area contributed by atoms with Crippen molar-refractivity contribution in [2.75, 3.05) is 0 Å². The Morgan fingerprint density at radius 3 is 2.31 bits per heavy atom. The number of rotatable bonds is 6. The van der Waals surface area contributed by atoms with Crippen LogP contribution < -0.4 is 5.32 Å². The number of hydrogen-bond acceptors (Lipinski definition) is 2. The fourth-order valence-electron chi connectivity index (χ4n) is 0.954.